The fourth-order valence-electron chi connectivity index (χ4n) is 2.65. The third-order valence-corrected chi connectivity index (χ3v) is 5.14. The van der Waals surface area contributed by atoms with E-state index in [-0.39, 0.29) is 11.5 Å². The zero-order valence-electron chi connectivity index (χ0n) is 13.0. The van der Waals surface area contributed by atoms with Gasteiger partial charge < -0.3 is 10.1 Å². The Labute approximate surface area is 130 Å². The standard InChI is InChI=1S/C17H22N2OS/c1-17(2,3)16-19-13(10-21-16)15-9-12(18-4)11-7-5-6-8-14(11)20-15/h5-8,10,12,15,18H,9H2,1-4H3. The van der Waals surface area contributed by atoms with Crippen LogP contribution in [0.5, 0.6) is 5.75 Å². The summed E-state index contributed by atoms with van der Waals surface area (Å²) in [6, 6.07) is 8.58. The minimum atomic E-state index is 0.0321. The molecule has 0 bridgehead atoms. The van der Waals surface area contributed by atoms with Crippen LogP contribution in [0.2, 0.25) is 0 Å². The topological polar surface area (TPSA) is 34.2 Å². The maximum atomic E-state index is 6.18. The molecule has 4 heteroatoms. The largest absolute Gasteiger partial charge is 0.484 e. The lowest BCUT2D eigenvalue weighted by Gasteiger charge is -2.31. The monoisotopic (exact) mass is 302 g/mol. The molecule has 1 aromatic carbocycles. The fraction of sp³-hybridized carbons (Fsp3) is 0.471. The molecule has 2 atom stereocenters. The average molecular weight is 302 g/mol. The molecule has 0 saturated carbocycles. The second-order valence-corrected chi connectivity index (χ2v) is 7.41. The van der Waals surface area contributed by atoms with Crippen LogP contribution in [-0.2, 0) is 5.41 Å². The lowest BCUT2D eigenvalue weighted by atomic mass is 9.95. The van der Waals surface area contributed by atoms with Crippen LogP contribution in [0.25, 0.3) is 0 Å². The van der Waals surface area contributed by atoms with E-state index in [0.717, 1.165) is 17.9 Å². The predicted octanol–water partition coefficient (Wildman–Crippen LogP) is 4.22. The second kappa shape index (κ2) is 5.43. The van der Waals surface area contributed by atoms with Crippen LogP contribution in [0.3, 0.4) is 0 Å². The molecule has 3 nitrogen and oxygen atoms in total. The smallest absolute Gasteiger partial charge is 0.143 e. The van der Waals surface area contributed by atoms with Gasteiger partial charge in [0.2, 0.25) is 0 Å². The lowest BCUT2D eigenvalue weighted by Crippen LogP contribution is -2.27. The van der Waals surface area contributed by atoms with Gasteiger partial charge in [0.1, 0.15) is 11.9 Å². The van der Waals surface area contributed by atoms with E-state index in [1.807, 2.05) is 19.2 Å². The zero-order valence-corrected chi connectivity index (χ0v) is 13.8. The Bertz CT molecular complexity index is 630. The summed E-state index contributed by atoms with van der Waals surface area (Å²) in [5, 5.41) is 6.70. The molecule has 1 aromatic heterocycles. The number of nitrogens with zero attached hydrogens (tertiary/aromatic N) is 1. The van der Waals surface area contributed by atoms with Crippen molar-refractivity contribution < 1.29 is 4.74 Å². The zero-order chi connectivity index (χ0) is 15.0. The normalized spacial score (nSPS) is 21.7. The van der Waals surface area contributed by atoms with Crippen LogP contribution in [0.1, 0.15) is 55.6 Å². The minimum Gasteiger partial charge on any atom is -0.484 e. The van der Waals surface area contributed by atoms with Crippen LogP contribution in [0, 0.1) is 0 Å². The van der Waals surface area contributed by atoms with Crippen molar-refractivity contribution in [3.05, 3.63) is 45.9 Å². The van der Waals surface area contributed by atoms with Gasteiger partial charge in [-0.25, -0.2) is 4.98 Å². The van der Waals surface area contributed by atoms with Gasteiger partial charge in [0.05, 0.1) is 10.7 Å². The van der Waals surface area contributed by atoms with Gasteiger partial charge >= 0.3 is 0 Å². The third-order valence-electron chi connectivity index (χ3n) is 3.86. The summed E-state index contributed by atoms with van der Waals surface area (Å²) in [5.41, 5.74) is 2.39. The molecule has 2 unspecified atom stereocenters. The summed E-state index contributed by atoms with van der Waals surface area (Å²) in [5.74, 6) is 0.971. The van der Waals surface area contributed by atoms with Crippen molar-refractivity contribution >= 4 is 11.3 Å². The van der Waals surface area contributed by atoms with Gasteiger partial charge in [0.15, 0.2) is 0 Å². The minimum absolute atomic E-state index is 0.0321. The Morgan fingerprint density at radius 1 is 1.29 bits per heavy atom. The molecule has 1 aliphatic rings. The number of hydrogen-bond acceptors (Lipinski definition) is 4. The predicted molar refractivity (Wildman–Crippen MR) is 87.0 cm³/mol. The van der Waals surface area contributed by atoms with E-state index in [9.17, 15) is 0 Å². The van der Waals surface area contributed by atoms with Crippen LogP contribution < -0.4 is 10.1 Å². The van der Waals surface area contributed by atoms with Crippen molar-refractivity contribution in [1.29, 1.82) is 0 Å². The highest BCUT2D eigenvalue weighted by Gasteiger charge is 2.30. The van der Waals surface area contributed by atoms with Crippen molar-refractivity contribution in [3.63, 3.8) is 0 Å². The highest BCUT2D eigenvalue weighted by atomic mass is 32.1. The Hall–Kier alpha value is -1.39. The number of nitrogens with one attached hydrogen (secondary N) is 1. The first-order chi connectivity index (χ1) is 9.99. The van der Waals surface area contributed by atoms with Gasteiger partial charge in [-0.05, 0) is 13.1 Å². The highest BCUT2D eigenvalue weighted by molar-refractivity contribution is 7.09. The first-order valence-electron chi connectivity index (χ1n) is 7.38. The number of fused-ring (bicyclic) bond motifs is 1. The highest BCUT2D eigenvalue weighted by Crippen LogP contribution is 2.41. The molecule has 112 valence electrons. The molecule has 0 radical (unpaired) electrons. The number of para-hydroxylation sites is 1. The summed E-state index contributed by atoms with van der Waals surface area (Å²) in [6.07, 6.45) is 0.950. The van der Waals surface area contributed by atoms with E-state index in [1.165, 1.54) is 10.6 Å². The molecule has 0 saturated heterocycles. The average Bonchev–Trinajstić information content (AvgIpc) is 2.96. The Morgan fingerprint density at radius 3 is 2.71 bits per heavy atom. The first-order valence-corrected chi connectivity index (χ1v) is 8.26. The van der Waals surface area contributed by atoms with Gasteiger partial charge in [-0.2, -0.15) is 0 Å². The van der Waals surface area contributed by atoms with Gasteiger partial charge in [0.25, 0.3) is 0 Å². The van der Waals surface area contributed by atoms with Crippen LogP contribution >= 0.6 is 11.3 Å². The summed E-state index contributed by atoms with van der Waals surface area (Å²) in [6.45, 7) is 6.59. The molecule has 1 N–H and O–H groups in total. The number of hydrogen-bond donors (Lipinski definition) is 1. The van der Waals surface area contributed by atoms with Gasteiger partial charge in [-0.1, -0.05) is 39.0 Å². The van der Waals surface area contributed by atoms with E-state index in [0.29, 0.717) is 6.04 Å². The van der Waals surface area contributed by atoms with Crippen molar-refractivity contribution in [2.45, 2.75) is 44.8 Å². The van der Waals surface area contributed by atoms with Crippen molar-refractivity contribution in [2.75, 3.05) is 7.05 Å². The summed E-state index contributed by atoms with van der Waals surface area (Å²) < 4.78 is 6.18. The SMILES string of the molecule is CNC1CC(c2csc(C(C)(C)C)n2)Oc2ccccc21. The maximum Gasteiger partial charge on any atom is 0.143 e. The molecule has 2 aromatic rings. The van der Waals surface area contributed by atoms with E-state index in [1.54, 1.807) is 11.3 Å². The molecule has 3 rings (SSSR count). The van der Waals surface area contributed by atoms with Gasteiger partial charge in [-0.3, -0.25) is 0 Å². The van der Waals surface area contributed by atoms with E-state index >= 15 is 0 Å². The summed E-state index contributed by atoms with van der Waals surface area (Å²) in [4.78, 5) is 4.81. The second-order valence-electron chi connectivity index (χ2n) is 6.55. The van der Waals surface area contributed by atoms with E-state index < -0.39 is 0 Å². The fourth-order valence-corrected chi connectivity index (χ4v) is 3.60. The van der Waals surface area contributed by atoms with Crippen LogP contribution in [0.4, 0.5) is 0 Å². The molecular formula is C17H22N2OS. The maximum absolute atomic E-state index is 6.18. The molecule has 0 aliphatic carbocycles. The van der Waals surface area contributed by atoms with Crippen molar-refractivity contribution in [1.82, 2.24) is 10.3 Å². The molecule has 0 amide bonds. The molecular weight excluding hydrogens is 280 g/mol. The Kier molecular flexibility index (Phi) is 3.76. The molecule has 21 heavy (non-hydrogen) atoms. The van der Waals surface area contributed by atoms with Gasteiger partial charge in [0, 0.05) is 28.8 Å². The lowest BCUT2D eigenvalue weighted by molar-refractivity contribution is 0.150. The summed E-state index contributed by atoms with van der Waals surface area (Å²) in [7, 11) is 2.01. The van der Waals surface area contributed by atoms with Crippen LogP contribution in [0.15, 0.2) is 29.6 Å². The Balaban J connectivity index is 1.90. The van der Waals surface area contributed by atoms with Gasteiger partial charge in [-0.15, -0.1) is 11.3 Å². The molecule has 1 aliphatic heterocycles. The number of benzene rings is 1. The van der Waals surface area contributed by atoms with E-state index in [2.05, 4.69) is 43.6 Å². The third kappa shape index (κ3) is 2.83. The van der Waals surface area contributed by atoms with Crippen LogP contribution in [-0.4, -0.2) is 12.0 Å². The summed E-state index contributed by atoms with van der Waals surface area (Å²) >= 11 is 1.73. The molecule has 2 heterocycles. The quantitative estimate of drug-likeness (QED) is 0.901. The number of aromatic nitrogens is 1. The van der Waals surface area contributed by atoms with Crippen molar-refractivity contribution in [2.24, 2.45) is 0 Å². The molecule has 0 fully saturated rings. The van der Waals surface area contributed by atoms with Crippen molar-refractivity contribution in [3.8, 4) is 5.75 Å². The molecule has 0 spiro atoms. The Morgan fingerprint density at radius 2 is 2.05 bits per heavy atom. The number of ether oxygens (including phenoxy) is 1. The van der Waals surface area contributed by atoms with E-state index in [4.69, 9.17) is 9.72 Å². The number of rotatable bonds is 2. The first kappa shape index (κ1) is 14.5. The number of thiazole rings is 1.